The van der Waals surface area contributed by atoms with Gasteiger partial charge in [-0.1, -0.05) is 0 Å². The van der Waals surface area contributed by atoms with Crippen LogP contribution in [0.4, 0.5) is 0 Å². The second-order valence-electron chi connectivity index (χ2n) is 3.16. The minimum absolute atomic E-state index is 0.0411. The van der Waals surface area contributed by atoms with E-state index in [2.05, 4.69) is 6.92 Å². The second kappa shape index (κ2) is 1.71. The summed E-state index contributed by atoms with van der Waals surface area (Å²) in [6.45, 7) is 2.07. The molecule has 1 saturated carbocycles. The third kappa shape index (κ3) is 1.20. The molecular formula is C6H14N2. The van der Waals surface area contributed by atoms with Gasteiger partial charge in [-0.15, -0.1) is 0 Å². The van der Waals surface area contributed by atoms with Crippen molar-refractivity contribution in [1.29, 1.82) is 0 Å². The number of hydrogen-bond acceptors (Lipinski definition) is 2. The van der Waals surface area contributed by atoms with Gasteiger partial charge in [0.2, 0.25) is 0 Å². The molecule has 0 saturated heterocycles. The van der Waals surface area contributed by atoms with Crippen LogP contribution in [0.25, 0.3) is 0 Å². The third-order valence-corrected chi connectivity index (χ3v) is 1.81. The molecule has 1 aliphatic carbocycles. The summed E-state index contributed by atoms with van der Waals surface area (Å²) in [5.41, 5.74) is 11.5. The fourth-order valence-electron chi connectivity index (χ4n) is 1.32. The second-order valence-corrected chi connectivity index (χ2v) is 3.16. The summed E-state index contributed by atoms with van der Waals surface area (Å²) in [4.78, 5) is 0. The third-order valence-electron chi connectivity index (χ3n) is 1.81. The first-order chi connectivity index (χ1) is 3.60. The SMILES string of the molecule is CC1(N)CCC(N)C1. The van der Waals surface area contributed by atoms with Gasteiger partial charge >= 0.3 is 0 Å². The van der Waals surface area contributed by atoms with Crippen molar-refractivity contribution in [3.8, 4) is 0 Å². The van der Waals surface area contributed by atoms with E-state index in [9.17, 15) is 0 Å². The van der Waals surface area contributed by atoms with Crippen LogP contribution < -0.4 is 11.5 Å². The largest absolute Gasteiger partial charge is 0.328 e. The summed E-state index contributed by atoms with van der Waals surface area (Å²) in [7, 11) is 0. The topological polar surface area (TPSA) is 52.0 Å². The standard InChI is InChI=1S/C6H14N2/c1-6(8)3-2-5(7)4-6/h5H,2-4,7-8H2,1H3. The molecule has 0 radical (unpaired) electrons. The van der Waals surface area contributed by atoms with E-state index in [1.54, 1.807) is 0 Å². The summed E-state index contributed by atoms with van der Waals surface area (Å²) < 4.78 is 0. The van der Waals surface area contributed by atoms with Gasteiger partial charge in [-0.3, -0.25) is 0 Å². The van der Waals surface area contributed by atoms with E-state index in [-0.39, 0.29) is 5.54 Å². The van der Waals surface area contributed by atoms with Crippen LogP contribution in [0, 0.1) is 0 Å². The minimum atomic E-state index is 0.0411. The maximum Gasteiger partial charge on any atom is 0.0141 e. The summed E-state index contributed by atoms with van der Waals surface area (Å²) >= 11 is 0. The highest BCUT2D eigenvalue weighted by Crippen LogP contribution is 2.24. The molecule has 0 heterocycles. The van der Waals surface area contributed by atoms with Gasteiger partial charge in [0, 0.05) is 11.6 Å². The van der Waals surface area contributed by atoms with E-state index in [0.717, 1.165) is 19.3 Å². The molecule has 0 amide bonds. The molecule has 0 aromatic rings. The van der Waals surface area contributed by atoms with E-state index < -0.39 is 0 Å². The van der Waals surface area contributed by atoms with E-state index in [0.29, 0.717) is 6.04 Å². The van der Waals surface area contributed by atoms with E-state index >= 15 is 0 Å². The molecule has 0 aliphatic heterocycles. The lowest BCUT2D eigenvalue weighted by molar-refractivity contribution is 0.479. The zero-order valence-corrected chi connectivity index (χ0v) is 5.35. The van der Waals surface area contributed by atoms with Crippen LogP contribution in [0.5, 0.6) is 0 Å². The van der Waals surface area contributed by atoms with Gasteiger partial charge in [0.25, 0.3) is 0 Å². The fraction of sp³-hybridized carbons (Fsp3) is 1.00. The zero-order chi connectivity index (χ0) is 6.20. The van der Waals surface area contributed by atoms with Crippen molar-refractivity contribution < 1.29 is 0 Å². The highest BCUT2D eigenvalue weighted by atomic mass is 14.8. The molecule has 1 fully saturated rings. The molecule has 2 atom stereocenters. The fourth-order valence-corrected chi connectivity index (χ4v) is 1.32. The average Bonchev–Trinajstić information content (AvgIpc) is 1.82. The Balaban J connectivity index is 2.44. The van der Waals surface area contributed by atoms with Crippen molar-refractivity contribution in [3.63, 3.8) is 0 Å². The molecule has 48 valence electrons. The van der Waals surface area contributed by atoms with Gasteiger partial charge in [0.15, 0.2) is 0 Å². The molecule has 0 aromatic carbocycles. The Bertz CT molecular complexity index is 88.5. The van der Waals surface area contributed by atoms with Crippen LogP contribution in [0.15, 0.2) is 0 Å². The predicted octanol–water partition coefficient (Wildman–Crippen LogP) is 0.215. The molecule has 0 aromatic heterocycles. The Morgan fingerprint density at radius 2 is 2.25 bits per heavy atom. The van der Waals surface area contributed by atoms with Crippen LogP contribution in [0.2, 0.25) is 0 Å². The summed E-state index contributed by atoms with van der Waals surface area (Å²) in [6.07, 6.45) is 3.19. The molecule has 0 spiro atoms. The Kier molecular flexibility index (Phi) is 1.29. The van der Waals surface area contributed by atoms with Crippen molar-refractivity contribution in [1.82, 2.24) is 0 Å². The first kappa shape index (κ1) is 6.05. The van der Waals surface area contributed by atoms with Crippen LogP contribution in [-0.2, 0) is 0 Å². The van der Waals surface area contributed by atoms with Crippen molar-refractivity contribution in [3.05, 3.63) is 0 Å². The van der Waals surface area contributed by atoms with Crippen molar-refractivity contribution in [2.45, 2.75) is 37.8 Å². The van der Waals surface area contributed by atoms with Gasteiger partial charge in [-0.2, -0.15) is 0 Å². The van der Waals surface area contributed by atoms with Gasteiger partial charge in [0.05, 0.1) is 0 Å². The first-order valence-electron chi connectivity index (χ1n) is 3.15. The van der Waals surface area contributed by atoms with Gasteiger partial charge in [-0.05, 0) is 26.2 Å². The number of nitrogens with two attached hydrogens (primary N) is 2. The van der Waals surface area contributed by atoms with Crippen LogP contribution in [-0.4, -0.2) is 11.6 Å². The van der Waals surface area contributed by atoms with E-state index in [1.807, 2.05) is 0 Å². The smallest absolute Gasteiger partial charge is 0.0141 e. The molecule has 2 heteroatoms. The highest BCUT2D eigenvalue weighted by Gasteiger charge is 2.28. The Morgan fingerprint density at radius 3 is 2.38 bits per heavy atom. The quantitative estimate of drug-likeness (QED) is 0.473. The normalized spacial score (nSPS) is 47.6. The van der Waals surface area contributed by atoms with E-state index in [4.69, 9.17) is 11.5 Å². The maximum absolute atomic E-state index is 5.79. The molecule has 4 N–H and O–H groups in total. The summed E-state index contributed by atoms with van der Waals surface area (Å²) in [5.74, 6) is 0. The van der Waals surface area contributed by atoms with Gasteiger partial charge in [-0.25, -0.2) is 0 Å². The lowest BCUT2D eigenvalue weighted by Gasteiger charge is -2.15. The lowest BCUT2D eigenvalue weighted by Crippen LogP contribution is -2.34. The lowest BCUT2D eigenvalue weighted by atomic mass is 10.0. The molecular weight excluding hydrogens is 100 g/mol. The predicted molar refractivity (Wildman–Crippen MR) is 34.4 cm³/mol. The van der Waals surface area contributed by atoms with Crippen molar-refractivity contribution in [2.24, 2.45) is 11.5 Å². The first-order valence-corrected chi connectivity index (χ1v) is 3.15. The van der Waals surface area contributed by atoms with E-state index in [1.165, 1.54) is 0 Å². The van der Waals surface area contributed by atoms with Crippen molar-refractivity contribution >= 4 is 0 Å². The summed E-state index contributed by atoms with van der Waals surface area (Å²) in [6, 6.07) is 0.366. The van der Waals surface area contributed by atoms with Crippen molar-refractivity contribution in [2.75, 3.05) is 0 Å². The van der Waals surface area contributed by atoms with Gasteiger partial charge in [0.1, 0.15) is 0 Å². The molecule has 1 rings (SSSR count). The average molecular weight is 114 g/mol. The molecule has 2 nitrogen and oxygen atoms in total. The van der Waals surface area contributed by atoms with Crippen LogP contribution >= 0.6 is 0 Å². The highest BCUT2D eigenvalue weighted by molar-refractivity contribution is 4.90. The number of rotatable bonds is 0. The Hall–Kier alpha value is -0.0800. The zero-order valence-electron chi connectivity index (χ0n) is 5.35. The Morgan fingerprint density at radius 1 is 1.62 bits per heavy atom. The van der Waals surface area contributed by atoms with Crippen LogP contribution in [0.1, 0.15) is 26.2 Å². The maximum atomic E-state index is 5.79. The van der Waals surface area contributed by atoms with Crippen LogP contribution in [0.3, 0.4) is 0 Å². The molecule has 1 aliphatic rings. The molecule has 2 unspecified atom stereocenters. The minimum Gasteiger partial charge on any atom is -0.328 e. The van der Waals surface area contributed by atoms with Gasteiger partial charge < -0.3 is 11.5 Å². The molecule has 8 heavy (non-hydrogen) atoms. The molecule has 0 bridgehead atoms. The number of hydrogen-bond donors (Lipinski definition) is 2. The Labute approximate surface area is 50.2 Å². The monoisotopic (exact) mass is 114 g/mol. The summed E-state index contributed by atoms with van der Waals surface area (Å²) in [5, 5.41) is 0.